The molecular formula is C27H26N2O6. The third kappa shape index (κ3) is 4.42. The SMILES string of the molecule is COc1ccc(C(O)=C2C(=O)C(=O)N(Cc3cccnc3)[C@H]2c2cc(OC)ccc2OC)c(C)c1. The van der Waals surface area contributed by atoms with Crippen LogP contribution in [0.15, 0.2) is 66.5 Å². The summed E-state index contributed by atoms with van der Waals surface area (Å²) in [5.74, 6) is -0.193. The zero-order valence-electron chi connectivity index (χ0n) is 19.9. The zero-order valence-corrected chi connectivity index (χ0v) is 19.9. The van der Waals surface area contributed by atoms with Crippen LogP contribution >= 0.6 is 0 Å². The predicted molar refractivity (Wildman–Crippen MR) is 129 cm³/mol. The fourth-order valence-corrected chi connectivity index (χ4v) is 4.28. The van der Waals surface area contributed by atoms with Gasteiger partial charge in [-0.1, -0.05) is 6.07 Å². The number of Topliss-reactive ketones (excluding diaryl/α,β-unsaturated/α-hetero) is 1. The number of pyridine rings is 1. The summed E-state index contributed by atoms with van der Waals surface area (Å²) in [4.78, 5) is 32.2. The molecule has 8 nitrogen and oxygen atoms in total. The third-order valence-electron chi connectivity index (χ3n) is 6.04. The highest BCUT2D eigenvalue weighted by molar-refractivity contribution is 6.46. The zero-order chi connectivity index (χ0) is 25.1. The maximum atomic E-state index is 13.4. The van der Waals surface area contributed by atoms with Crippen molar-refractivity contribution in [1.82, 2.24) is 9.88 Å². The number of rotatable bonds is 7. The second-order valence-corrected chi connectivity index (χ2v) is 8.08. The van der Waals surface area contributed by atoms with Gasteiger partial charge < -0.3 is 24.2 Å². The molecular weight excluding hydrogens is 448 g/mol. The van der Waals surface area contributed by atoms with Crippen LogP contribution in [0.1, 0.15) is 28.3 Å². The summed E-state index contributed by atoms with van der Waals surface area (Å²) >= 11 is 0. The van der Waals surface area contributed by atoms with Crippen molar-refractivity contribution in [3.8, 4) is 17.2 Å². The summed E-state index contributed by atoms with van der Waals surface area (Å²) < 4.78 is 16.2. The summed E-state index contributed by atoms with van der Waals surface area (Å²) in [5.41, 5.74) is 2.34. The first-order chi connectivity index (χ1) is 16.9. The molecule has 1 amide bonds. The first kappa shape index (κ1) is 23.8. The number of aliphatic hydroxyl groups is 1. The minimum atomic E-state index is -0.915. The van der Waals surface area contributed by atoms with Crippen LogP contribution in [0.25, 0.3) is 5.76 Å². The average Bonchev–Trinajstić information content (AvgIpc) is 3.13. The summed E-state index contributed by atoms with van der Waals surface area (Å²) in [7, 11) is 4.58. The van der Waals surface area contributed by atoms with Crippen LogP contribution in [-0.4, -0.2) is 48.0 Å². The van der Waals surface area contributed by atoms with Gasteiger partial charge in [-0.25, -0.2) is 0 Å². The van der Waals surface area contributed by atoms with E-state index in [0.29, 0.717) is 33.9 Å². The Balaban J connectivity index is 1.95. The number of carbonyl (C=O) groups excluding carboxylic acids is 2. The van der Waals surface area contributed by atoms with Crippen molar-refractivity contribution < 1.29 is 28.9 Å². The van der Waals surface area contributed by atoms with E-state index in [2.05, 4.69) is 4.98 Å². The van der Waals surface area contributed by atoms with Crippen molar-refractivity contribution >= 4 is 17.4 Å². The van der Waals surface area contributed by atoms with Gasteiger partial charge in [0.05, 0.1) is 32.9 Å². The van der Waals surface area contributed by atoms with Crippen molar-refractivity contribution in [3.63, 3.8) is 0 Å². The van der Waals surface area contributed by atoms with Gasteiger partial charge in [-0.05, 0) is 60.5 Å². The van der Waals surface area contributed by atoms with E-state index >= 15 is 0 Å². The summed E-state index contributed by atoms with van der Waals surface area (Å²) in [5, 5.41) is 11.4. The molecule has 4 rings (SSSR count). The molecule has 1 aromatic heterocycles. The molecule has 3 aromatic rings. The van der Waals surface area contributed by atoms with Crippen LogP contribution in [0.4, 0.5) is 0 Å². The van der Waals surface area contributed by atoms with Crippen molar-refractivity contribution in [2.45, 2.75) is 19.5 Å². The van der Waals surface area contributed by atoms with Gasteiger partial charge in [0.25, 0.3) is 11.7 Å². The van der Waals surface area contributed by atoms with Crippen LogP contribution in [0, 0.1) is 6.92 Å². The molecule has 0 radical (unpaired) electrons. The van der Waals surface area contributed by atoms with Gasteiger partial charge in [0, 0.05) is 30.1 Å². The number of carbonyl (C=O) groups is 2. The van der Waals surface area contributed by atoms with Crippen molar-refractivity contribution in [3.05, 3.63) is 88.8 Å². The fourth-order valence-electron chi connectivity index (χ4n) is 4.28. The second kappa shape index (κ2) is 9.89. The number of hydrogen-bond acceptors (Lipinski definition) is 7. The number of aryl methyl sites for hydroxylation is 1. The number of hydrogen-bond donors (Lipinski definition) is 1. The van der Waals surface area contributed by atoms with Crippen LogP contribution in [0.3, 0.4) is 0 Å². The number of nitrogens with zero attached hydrogens (tertiary/aromatic N) is 2. The molecule has 2 aromatic carbocycles. The molecule has 0 saturated carbocycles. The Morgan fingerprint density at radius 3 is 2.34 bits per heavy atom. The molecule has 0 bridgehead atoms. The van der Waals surface area contributed by atoms with E-state index in [9.17, 15) is 14.7 Å². The normalized spacial score (nSPS) is 16.9. The lowest BCUT2D eigenvalue weighted by Crippen LogP contribution is -2.29. The summed E-state index contributed by atoms with van der Waals surface area (Å²) in [6.07, 6.45) is 3.26. The van der Waals surface area contributed by atoms with E-state index < -0.39 is 17.7 Å². The standard InChI is InChI=1S/C27H26N2O6/c1-16-12-18(33-2)7-9-20(16)25(30)23-24(21-13-19(34-3)8-10-22(21)35-4)29(27(32)26(23)31)15-17-6-5-11-28-14-17/h5-14,24,30H,15H2,1-4H3/t24-/m0/s1. The van der Waals surface area contributed by atoms with E-state index in [1.165, 1.54) is 19.1 Å². The third-order valence-corrected chi connectivity index (χ3v) is 6.04. The first-order valence-electron chi connectivity index (χ1n) is 10.9. The molecule has 0 spiro atoms. The average molecular weight is 475 g/mol. The lowest BCUT2D eigenvalue weighted by molar-refractivity contribution is -0.140. The van der Waals surface area contributed by atoms with E-state index in [-0.39, 0.29) is 17.9 Å². The van der Waals surface area contributed by atoms with Crippen molar-refractivity contribution in [2.24, 2.45) is 0 Å². The van der Waals surface area contributed by atoms with Gasteiger partial charge in [0.2, 0.25) is 0 Å². The van der Waals surface area contributed by atoms with E-state index in [4.69, 9.17) is 14.2 Å². The predicted octanol–water partition coefficient (Wildman–Crippen LogP) is 4.04. The molecule has 1 fully saturated rings. The van der Waals surface area contributed by atoms with Crippen LogP contribution in [0.5, 0.6) is 17.2 Å². The number of ether oxygens (including phenoxy) is 3. The molecule has 1 aliphatic heterocycles. The Morgan fingerprint density at radius 2 is 1.71 bits per heavy atom. The number of likely N-dealkylation sites (tertiary alicyclic amines) is 1. The van der Waals surface area contributed by atoms with Crippen molar-refractivity contribution in [1.29, 1.82) is 0 Å². The van der Waals surface area contributed by atoms with Gasteiger partial charge >= 0.3 is 0 Å². The lowest BCUT2D eigenvalue weighted by atomic mass is 9.93. The highest BCUT2D eigenvalue weighted by Gasteiger charge is 2.47. The Hall–Kier alpha value is -4.33. The van der Waals surface area contributed by atoms with Gasteiger partial charge in [0.1, 0.15) is 23.0 Å². The maximum absolute atomic E-state index is 13.4. The Labute approximate surface area is 203 Å². The van der Waals surface area contributed by atoms with E-state index in [1.54, 1.807) is 68.9 Å². The molecule has 1 saturated heterocycles. The fraction of sp³-hybridized carbons (Fsp3) is 0.222. The number of methoxy groups -OCH3 is 3. The topological polar surface area (TPSA) is 98.2 Å². The van der Waals surface area contributed by atoms with E-state index in [0.717, 1.165) is 5.56 Å². The molecule has 1 N–H and O–H groups in total. The smallest absolute Gasteiger partial charge is 0.295 e. The van der Waals surface area contributed by atoms with Gasteiger partial charge in [-0.15, -0.1) is 0 Å². The number of ketones is 1. The van der Waals surface area contributed by atoms with Gasteiger partial charge in [0.15, 0.2) is 0 Å². The van der Waals surface area contributed by atoms with Crippen LogP contribution in [0.2, 0.25) is 0 Å². The Morgan fingerprint density at radius 1 is 1.00 bits per heavy atom. The highest BCUT2D eigenvalue weighted by Crippen LogP contribution is 2.44. The molecule has 0 aliphatic carbocycles. The largest absolute Gasteiger partial charge is 0.507 e. The van der Waals surface area contributed by atoms with Gasteiger partial charge in [-0.2, -0.15) is 0 Å². The molecule has 35 heavy (non-hydrogen) atoms. The van der Waals surface area contributed by atoms with E-state index in [1.807, 2.05) is 6.07 Å². The Kier molecular flexibility index (Phi) is 6.73. The molecule has 1 aliphatic rings. The minimum absolute atomic E-state index is 0.0290. The number of aliphatic hydroxyl groups excluding tert-OH is 1. The first-order valence-corrected chi connectivity index (χ1v) is 10.9. The number of benzene rings is 2. The highest BCUT2D eigenvalue weighted by atomic mass is 16.5. The summed E-state index contributed by atoms with van der Waals surface area (Å²) in [6.45, 7) is 1.91. The quantitative estimate of drug-likeness (QED) is 0.314. The van der Waals surface area contributed by atoms with Crippen LogP contribution < -0.4 is 14.2 Å². The minimum Gasteiger partial charge on any atom is -0.507 e. The second-order valence-electron chi connectivity index (χ2n) is 8.08. The van der Waals surface area contributed by atoms with Crippen molar-refractivity contribution in [2.75, 3.05) is 21.3 Å². The molecule has 0 unspecified atom stereocenters. The number of aromatic nitrogens is 1. The Bertz CT molecular complexity index is 1300. The summed E-state index contributed by atoms with van der Waals surface area (Å²) in [6, 6.07) is 12.9. The molecule has 1 atom stereocenters. The molecule has 8 heteroatoms. The maximum Gasteiger partial charge on any atom is 0.295 e. The lowest BCUT2D eigenvalue weighted by Gasteiger charge is -2.27. The van der Waals surface area contributed by atoms with Crippen LogP contribution in [-0.2, 0) is 16.1 Å². The molecule has 2 heterocycles. The number of amides is 1. The molecule has 180 valence electrons. The van der Waals surface area contributed by atoms with Gasteiger partial charge in [-0.3, -0.25) is 14.6 Å². The monoisotopic (exact) mass is 474 g/mol.